The van der Waals surface area contributed by atoms with Crippen molar-refractivity contribution in [2.75, 3.05) is 41.0 Å². The van der Waals surface area contributed by atoms with Crippen LogP contribution in [0.25, 0.3) is 0 Å². The van der Waals surface area contributed by atoms with Crippen molar-refractivity contribution in [2.24, 2.45) is 0 Å². The maximum absolute atomic E-state index is 12.7. The molecule has 2 unspecified atom stereocenters. The molecule has 0 N–H and O–H groups in total. The standard InChI is InChI=1S/C51H83NO7/c1-6-8-10-12-14-16-18-20-21-22-23-24-25-26-27-28-30-31-33-35-37-39-41-49(53)58-46-47(45-57-44-43-48(51(55)56)52(3,4)5)59-50(54)42-40-38-36-34-32-29-19-17-15-13-11-9-7-2/h8-11,13-17,19-21,23-24,26-27,47-48H,6-7,12,18,22,25,28-46H2,1-5H3/b10-8+,11-9+,15-13+,16-14+,19-17+,21-20+,24-23+,27-26+. The predicted molar refractivity (Wildman–Crippen MR) is 245 cm³/mol. The zero-order valence-corrected chi connectivity index (χ0v) is 37.9. The fourth-order valence-electron chi connectivity index (χ4n) is 6.04. The molecule has 2 atom stereocenters. The third kappa shape index (κ3) is 39.5. The number of unbranched alkanes of at least 4 members (excludes halogenated alkanes) is 11. The number of carboxylic acids is 1. The molecule has 0 rings (SSSR count). The second-order valence-electron chi connectivity index (χ2n) is 15.9. The van der Waals surface area contributed by atoms with Crippen LogP contribution in [0.15, 0.2) is 97.2 Å². The van der Waals surface area contributed by atoms with Crippen LogP contribution in [0.4, 0.5) is 0 Å². The molecule has 0 aromatic carbocycles. The average Bonchev–Trinajstić information content (AvgIpc) is 3.19. The zero-order chi connectivity index (χ0) is 43.5. The number of nitrogens with zero attached hydrogens (tertiary/aromatic N) is 1. The Hall–Kier alpha value is -3.75. The van der Waals surface area contributed by atoms with Gasteiger partial charge in [-0.1, -0.05) is 156 Å². The van der Waals surface area contributed by atoms with Gasteiger partial charge in [-0.05, 0) is 77.0 Å². The highest BCUT2D eigenvalue weighted by Crippen LogP contribution is 2.13. The Morgan fingerprint density at radius 3 is 1.51 bits per heavy atom. The molecule has 0 saturated heterocycles. The van der Waals surface area contributed by atoms with Gasteiger partial charge in [0.15, 0.2) is 6.10 Å². The van der Waals surface area contributed by atoms with Gasteiger partial charge in [-0.15, -0.1) is 0 Å². The highest BCUT2D eigenvalue weighted by Gasteiger charge is 2.25. The Balaban J connectivity index is 4.35. The SMILES string of the molecule is CC/C=C/C=C/C=C/CCCCCCCC(=O)OC(COCCC(C(=O)[O-])[N+](C)(C)C)COC(=O)CCCCCCCC/C=C/C/C=C/C/C=C/C/C=C/C/C=C/CC. The van der Waals surface area contributed by atoms with Gasteiger partial charge in [-0.25, -0.2) is 0 Å². The van der Waals surface area contributed by atoms with Gasteiger partial charge in [0.1, 0.15) is 12.6 Å². The van der Waals surface area contributed by atoms with E-state index >= 15 is 0 Å². The fourth-order valence-corrected chi connectivity index (χ4v) is 6.04. The summed E-state index contributed by atoms with van der Waals surface area (Å²) in [5.41, 5.74) is 0. The van der Waals surface area contributed by atoms with Crippen molar-refractivity contribution < 1.29 is 38.2 Å². The third-order valence-corrected chi connectivity index (χ3v) is 9.53. The molecule has 59 heavy (non-hydrogen) atoms. The number of carbonyl (C=O) groups is 3. The highest BCUT2D eigenvalue weighted by atomic mass is 16.6. The predicted octanol–water partition coefficient (Wildman–Crippen LogP) is 11.4. The number of esters is 2. The van der Waals surface area contributed by atoms with Gasteiger partial charge in [0.05, 0.1) is 40.3 Å². The number of carboxylic acid groups (broad SMARTS) is 1. The minimum atomic E-state index is -1.14. The van der Waals surface area contributed by atoms with Gasteiger partial charge in [0.25, 0.3) is 0 Å². The first kappa shape index (κ1) is 55.2. The van der Waals surface area contributed by atoms with E-state index in [4.69, 9.17) is 14.2 Å². The van der Waals surface area contributed by atoms with Crippen LogP contribution in [-0.4, -0.2) is 75.5 Å². The van der Waals surface area contributed by atoms with Crippen molar-refractivity contribution >= 4 is 17.9 Å². The zero-order valence-electron chi connectivity index (χ0n) is 37.9. The average molecular weight is 822 g/mol. The number of aliphatic carboxylic acids is 1. The third-order valence-electron chi connectivity index (χ3n) is 9.53. The summed E-state index contributed by atoms with van der Waals surface area (Å²) in [7, 11) is 5.38. The van der Waals surface area contributed by atoms with Gasteiger partial charge in [-0.2, -0.15) is 0 Å². The number of allylic oxidation sites excluding steroid dienone is 16. The van der Waals surface area contributed by atoms with Crippen LogP contribution < -0.4 is 5.11 Å². The summed E-state index contributed by atoms with van der Waals surface area (Å²) in [5, 5.41) is 11.6. The van der Waals surface area contributed by atoms with E-state index in [0.717, 1.165) is 109 Å². The van der Waals surface area contributed by atoms with Crippen LogP contribution in [0.2, 0.25) is 0 Å². The number of ether oxygens (including phenoxy) is 3. The summed E-state index contributed by atoms with van der Waals surface area (Å²) in [6.45, 7) is 4.35. The molecule has 0 heterocycles. The largest absolute Gasteiger partial charge is 0.544 e. The molecule has 8 nitrogen and oxygen atoms in total. The number of carbonyl (C=O) groups excluding carboxylic acids is 3. The van der Waals surface area contributed by atoms with E-state index in [0.29, 0.717) is 6.42 Å². The second kappa shape index (κ2) is 41.0. The summed E-state index contributed by atoms with van der Waals surface area (Å²) in [6.07, 6.45) is 54.3. The summed E-state index contributed by atoms with van der Waals surface area (Å²) in [4.78, 5) is 36.9. The van der Waals surface area contributed by atoms with E-state index in [1.54, 1.807) is 21.1 Å². The van der Waals surface area contributed by atoms with E-state index in [2.05, 4.69) is 98.9 Å². The minimum Gasteiger partial charge on any atom is -0.544 e. The lowest BCUT2D eigenvalue weighted by atomic mass is 10.1. The fraction of sp³-hybridized carbons (Fsp3) is 0.627. The summed E-state index contributed by atoms with van der Waals surface area (Å²) < 4.78 is 17.1. The second-order valence-corrected chi connectivity index (χ2v) is 15.9. The molecule has 0 aliphatic heterocycles. The molecule has 334 valence electrons. The lowest BCUT2D eigenvalue weighted by Gasteiger charge is -2.34. The van der Waals surface area contributed by atoms with Crippen LogP contribution in [0.5, 0.6) is 0 Å². The molecule has 0 fully saturated rings. The van der Waals surface area contributed by atoms with Crippen molar-refractivity contribution in [1.82, 2.24) is 0 Å². The molecule has 0 aromatic rings. The maximum Gasteiger partial charge on any atom is 0.306 e. The van der Waals surface area contributed by atoms with Gasteiger partial charge >= 0.3 is 11.9 Å². The molecule has 0 aliphatic carbocycles. The number of likely N-dealkylation sites (N-methyl/N-ethyl adjacent to an activating group) is 1. The molecule has 8 heteroatoms. The molecule has 0 bridgehead atoms. The minimum absolute atomic E-state index is 0.0210. The molecular formula is C51H83NO7. The first-order valence-corrected chi connectivity index (χ1v) is 22.8. The van der Waals surface area contributed by atoms with Gasteiger partial charge in [0.2, 0.25) is 0 Å². The molecular weight excluding hydrogens is 739 g/mol. The normalized spacial score (nSPS) is 13.8. The Kier molecular flexibility index (Phi) is 38.4. The molecule has 0 amide bonds. The van der Waals surface area contributed by atoms with Gasteiger partial charge in [-0.3, -0.25) is 9.59 Å². The Morgan fingerprint density at radius 1 is 0.525 bits per heavy atom. The quantitative estimate of drug-likeness (QED) is 0.0200. The topological polar surface area (TPSA) is 102 Å². The van der Waals surface area contributed by atoms with E-state index in [1.165, 1.54) is 12.8 Å². The maximum atomic E-state index is 12.7. The molecule has 0 aromatic heterocycles. The van der Waals surface area contributed by atoms with E-state index < -0.39 is 18.1 Å². The van der Waals surface area contributed by atoms with E-state index in [9.17, 15) is 19.5 Å². The summed E-state index contributed by atoms with van der Waals surface area (Å²) >= 11 is 0. The molecule has 0 spiro atoms. The molecule has 0 radical (unpaired) electrons. The van der Waals surface area contributed by atoms with Crippen molar-refractivity contribution in [3.63, 3.8) is 0 Å². The van der Waals surface area contributed by atoms with Crippen LogP contribution in [-0.2, 0) is 28.6 Å². The van der Waals surface area contributed by atoms with E-state index in [-0.39, 0.29) is 49.1 Å². The Morgan fingerprint density at radius 2 is 0.983 bits per heavy atom. The lowest BCUT2D eigenvalue weighted by Crippen LogP contribution is -2.55. The highest BCUT2D eigenvalue weighted by molar-refractivity contribution is 5.70. The number of quaternary nitrogens is 1. The lowest BCUT2D eigenvalue weighted by molar-refractivity contribution is -0.889. The van der Waals surface area contributed by atoms with Crippen LogP contribution in [0, 0.1) is 0 Å². The van der Waals surface area contributed by atoms with Gasteiger partial charge < -0.3 is 28.6 Å². The van der Waals surface area contributed by atoms with Crippen LogP contribution in [0.1, 0.15) is 155 Å². The van der Waals surface area contributed by atoms with Crippen molar-refractivity contribution in [1.29, 1.82) is 0 Å². The smallest absolute Gasteiger partial charge is 0.306 e. The number of rotatable bonds is 39. The summed E-state index contributed by atoms with van der Waals surface area (Å²) in [5.74, 6) is -1.80. The van der Waals surface area contributed by atoms with Crippen molar-refractivity contribution in [2.45, 2.75) is 167 Å². The molecule has 0 saturated carbocycles. The monoisotopic (exact) mass is 822 g/mol. The Labute approximate surface area is 360 Å². The van der Waals surface area contributed by atoms with E-state index in [1.807, 2.05) is 12.2 Å². The van der Waals surface area contributed by atoms with Crippen molar-refractivity contribution in [3.05, 3.63) is 97.2 Å². The number of hydrogen-bond donors (Lipinski definition) is 0. The summed E-state index contributed by atoms with van der Waals surface area (Å²) in [6, 6.07) is -0.737. The number of hydrogen-bond acceptors (Lipinski definition) is 7. The first-order chi connectivity index (χ1) is 28.6. The Bertz CT molecular complexity index is 1280. The first-order valence-electron chi connectivity index (χ1n) is 22.8. The molecule has 0 aliphatic rings. The van der Waals surface area contributed by atoms with Gasteiger partial charge in [0, 0.05) is 19.3 Å². The van der Waals surface area contributed by atoms with Crippen LogP contribution in [0.3, 0.4) is 0 Å². The van der Waals surface area contributed by atoms with Crippen LogP contribution >= 0.6 is 0 Å². The van der Waals surface area contributed by atoms with Crippen molar-refractivity contribution in [3.8, 4) is 0 Å².